The number of hydrogen-bond acceptors (Lipinski definition) is 7. The molecule has 0 unspecified atom stereocenters. The third-order valence-corrected chi connectivity index (χ3v) is 8.17. The number of carbonyl (C=O) groups excluding carboxylic acids is 2. The van der Waals surface area contributed by atoms with Gasteiger partial charge in [-0.3, -0.25) is 9.59 Å². The quantitative estimate of drug-likeness (QED) is 0.399. The lowest BCUT2D eigenvalue weighted by atomic mass is 9.46. The molecule has 0 aliphatic heterocycles. The second kappa shape index (κ2) is 6.99. The normalized spacial score (nSPS) is 45.1. The summed E-state index contributed by atoms with van der Waals surface area (Å²) in [6, 6.07) is 0. The predicted octanol–water partition coefficient (Wildman–Crippen LogP) is 1.28. The molecular formula is C23H34O7. The van der Waals surface area contributed by atoms with Crippen molar-refractivity contribution >= 4 is 11.8 Å². The van der Waals surface area contributed by atoms with E-state index in [2.05, 4.69) is 0 Å². The third kappa shape index (κ3) is 2.72. The average molecular weight is 423 g/mol. The highest BCUT2D eigenvalue weighted by atomic mass is 16.6. The van der Waals surface area contributed by atoms with Crippen molar-refractivity contribution in [2.75, 3.05) is 6.61 Å². The first-order valence-electron chi connectivity index (χ1n) is 10.6. The molecule has 1 fully saturated rings. The molecule has 30 heavy (non-hydrogen) atoms. The lowest BCUT2D eigenvalue weighted by molar-refractivity contribution is -0.289. The molecule has 1 saturated carbocycles. The Morgan fingerprint density at radius 1 is 1.20 bits per heavy atom. The fourth-order valence-corrected chi connectivity index (χ4v) is 6.34. The van der Waals surface area contributed by atoms with Crippen LogP contribution in [0.25, 0.3) is 0 Å². The van der Waals surface area contributed by atoms with Crippen LogP contribution in [-0.4, -0.2) is 61.7 Å². The predicted molar refractivity (Wildman–Crippen MR) is 109 cm³/mol. The number of esters is 1. The van der Waals surface area contributed by atoms with Crippen LogP contribution in [0.5, 0.6) is 0 Å². The van der Waals surface area contributed by atoms with E-state index in [1.165, 1.54) is 6.92 Å². The van der Waals surface area contributed by atoms with E-state index in [1.807, 2.05) is 6.92 Å². The summed E-state index contributed by atoms with van der Waals surface area (Å²) in [6.45, 7) is 9.55. The number of aliphatic hydroxyl groups is 4. The maximum Gasteiger partial charge on any atom is 0.303 e. The minimum atomic E-state index is -1.90. The van der Waals surface area contributed by atoms with Crippen LogP contribution in [0, 0.1) is 23.2 Å². The Morgan fingerprint density at radius 2 is 1.80 bits per heavy atom. The topological polar surface area (TPSA) is 124 Å². The molecule has 3 aliphatic carbocycles. The molecule has 0 amide bonds. The summed E-state index contributed by atoms with van der Waals surface area (Å²) >= 11 is 0. The first-order valence-corrected chi connectivity index (χ1v) is 10.6. The summed E-state index contributed by atoms with van der Waals surface area (Å²) in [5.41, 5.74) is -5.14. The smallest absolute Gasteiger partial charge is 0.303 e. The zero-order valence-corrected chi connectivity index (χ0v) is 18.6. The van der Waals surface area contributed by atoms with Gasteiger partial charge in [0, 0.05) is 36.5 Å². The maximum absolute atomic E-state index is 12.9. The highest BCUT2D eigenvalue weighted by Crippen LogP contribution is 2.63. The van der Waals surface area contributed by atoms with Crippen molar-refractivity contribution < 1.29 is 34.8 Å². The molecule has 0 heterocycles. The van der Waals surface area contributed by atoms with Crippen LogP contribution in [0.2, 0.25) is 0 Å². The zero-order chi connectivity index (χ0) is 22.9. The van der Waals surface area contributed by atoms with E-state index in [-0.39, 0.29) is 13.0 Å². The van der Waals surface area contributed by atoms with Crippen molar-refractivity contribution in [3.05, 3.63) is 23.3 Å². The Bertz CT molecular complexity index is 827. The number of Topliss-reactive ketones (excluding diaryl/α,β-unsaturated/α-hetero) is 1. The van der Waals surface area contributed by atoms with Crippen LogP contribution >= 0.6 is 0 Å². The lowest BCUT2D eigenvalue weighted by Gasteiger charge is -2.64. The van der Waals surface area contributed by atoms with Gasteiger partial charge in [-0.05, 0) is 31.4 Å². The molecule has 7 atom stereocenters. The van der Waals surface area contributed by atoms with Crippen LogP contribution in [0.1, 0.15) is 54.4 Å². The number of fused-ring (bicyclic) bond motifs is 3. The van der Waals surface area contributed by atoms with Gasteiger partial charge in [0.25, 0.3) is 0 Å². The van der Waals surface area contributed by atoms with E-state index in [0.717, 1.165) is 0 Å². The van der Waals surface area contributed by atoms with Gasteiger partial charge in [-0.15, -0.1) is 0 Å². The van der Waals surface area contributed by atoms with Gasteiger partial charge in [0.2, 0.25) is 0 Å². The van der Waals surface area contributed by atoms with E-state index in [4.69, 9.17) is 4.74 Å². The van der Waals surface area contributed by atoms with Gasteiger partial charge in [-0.2, -0.15) is 0 Å². The molecule has 0 saturated heterocycles. The minimum absolute atomic E-state index is 0.105. The molecular weight excluding hydrogens is 388 g/mol. The fraction of sp³-hybridized carbons (Fsp3) is 0.739. The van der Waals surface area contributed by atoms with Gasteiger partial charge in [-0.1, -0.05) is 32.9 Å². The maximum atomic E-state index is 12.9. The summed E-state index contributed by atoms with van der Waals surface area (Å²) in [5, 5.41) is 45.2. The van der Waals surface area contributed by atoms with Gasteiger partial charge in [0.15, 0.2) is 5.78 Å². The van der Waals surface area contributed by atoms with E-state index in [9.17, 15) is 30.0 Å². The summed E-state index contributed by atoms with van der Waals surface area (Å²) in [7, 11) is 0. The highest BCUT2D eigenvalue weighted by molar-refractivity contribution is 6.04. The number of ketones is 1. The third-order valence-electron chi connectivity index (χ3n) is 8.17. The molecule has 0 bridgehead atoms. The van der Waals surface area contributed by atoms with Crippen LogP contribution in [0.15, 0.2) is 23.3 Å². The van der Waals surface area contributed by atoms with E-state index in [0.29, 0.717) is 17.6 Å². The van der Waals surface area contributed by atoms with Crippen molar-refractivity contribution in [2.45, 2.75) is 77.3 Å². The summed E-state index contributed by atoms with van der Waals surface area (Å²) in [5.74, 6) is -3.49. The minimum Gasteiger partial charge on any atom is -0.456 e. The first kappa shape index (κ1) is 23.1. The Morgan fingerprint density at radius 3 is 2.30 bits per heavy atom. The summed E-state index contributed by atoms with van der Waals surface area (Å²) in [4.78, 5) is 24.9. The van der Waals surface area contributed by atoms with Crippen LogP contribution in [0.3, 0.4) is 0 Å². The molecule has 0 aromatic rings. The second-order valence-electron chi connectivity index (χ2n) is 9.99. The number of aliphatic hydroxyl groups excluding tert-OH is 2. The van der Waals surface area contributed by atoms with E-state index >= 15 is 0 Å². The second-order valence-corrected chi connectivity index (χ2v) is 9.99. The number of hydrogen-bond donors (Lipinski definition) is 4. The average Bonchev–Trinajstić information content (AvgIpc) is 2.81. The van der Waals surface area contributed by atoms with Crippen LogP contribution < -0.4 is 0 Å². The van der Waals surface area contributed by atoms with Crippen LogP contribution in [-0.2, 0) is 14.3 Å². The van der Waals surface area contributed by atoms with Gasteiger partial charge in [0.05, 0.1) is 18.3 Å². The van der Waals surface area contributed by atoms with Gasteiger partial charge >= 0.3 is 5.97 Å². The Kier molecular flexibility index (Phi) is 5.39. The molecule has 7 nitrogen and oxygen atoms in total. The Hall–Kier alpha value is -1.54. The van der Waals surface area contributed by atoms with Crippen molar-refractivity contribution in [1.29, 1.82) is 0 Å². The molecule has 3 rings (SSSR count). The summed E-state index contributed by atoms with van der Waals surface area (Å²) in [6.07, 6.45) is 2.30. The molecule has 0 radical (unpaired) electrons. The summed E-state index contributed by atoms with van der Waals surface area (Å²) < 4.78 is 5.68. The van der Waals surface area contributed by atoms with Crippen molar-refractivity contribution in [1.82, 2.24) is 0 Å². The monoisotopic (exact) mass is 422 g/mol. The molecule has 7 heteroatoms. The van der Waals surface area contributed by atoms with Gasteiger partial charge < -0.3 is 25.2 Å². The van der Waals surface area contributed by atoms with Crippen LogP contribution in [0.4, 0.5) is 0 Å². The fourth-order valence-electron chi connectivity index (χ4n) is 6.34. The zero-order valence-electron chi connectivity index (χ0n) is 18.6. The van der Waals surface area contributed by atoms with Crippen molar-refractivity contribution in [3.63, 3.8) is 0 Å². The number of ether oxygens (including phenoxy) is 1. The number of carbonyl (C=O) groups is 2. The van der Waals surface area contributed by atoms with E-state index < -0.39 is 57.8 Å². The molecule has 3 aliphatic rings. The molecule has 0 aromatic carbocycles. The first-order chi connectivity index (χ1) is 13.7. The van der Waals surface area contributed by atoms with E-state index in [1.54, 1.807) is 39.8 Å². The molecule has 0 spiro atoms. The van der Waals surface area contributed by atoms with Gasteiger partial charge in [-0.25, -0.2) is 0 Å². The lowest BCUT2D eigenvalue weighted by Crippen LogP contribution is -2.74. The van der Waals surface area contributed by atoms with Crippen molar-refractivity contribution in [2.24, 2.45) is 23.2 Å². The Labute approximate surface area is 177 Å². The Balaban J connectivity index is 2.33. The highest BCUT2D eigenvalue weighted by Gasteiger charge is 2.73. The SMILES string of the molecule is CC[C@@H]1[C@@H](O)[C@@](C)(OC(C)=O)C(C)(C)[C@@H]2C=C(CO)C[C@]3(O)C(=O)C(C)=C[C@H]3[C@@]12O. The largest absolute Gasteiger partial charge is 0.456 e. The molecule has 168 valence electrons. The van der Waals surface area contributed by atoms with Gasteiger partial charge in [0.1, 0.15) is 11.2 Å². The standard InChI is InChI=1S/C23H34O7/c1-7-15-19(27)21(6,30-13(3)25)20(4,5)16-9-14(11-24)10-22(28)17(23(15,16)29)8-12(2)18(22)26/h8-9,15-17,19,24,27-29H,7,10-11H2,1-6H3/t15-,16+,17-,19-,21-,22-,23-/m1/s1. The van der Waals surface area contributed by atoms with Crippen molar-refractivity contribution in [3.8, 4) is 0 Å². The molecule has 4 N–H and O–H groups in total. The number of rotatable bonds is 3. The molecule has 0 aromatic heterocycles.